The maximum Gasteiger partial charge on any atom is 0.308 e. The summed E-state index contributed by atoms with van der Waals surface area (Å²) in [5.41, 5.74) is 2.44. The van der Waals surface area contributed by atoms with E-state index in [4.69, 9.17) is 0 Å². The second-order valence-electron chi connectivity index (χ2n) is 6.07. The van der Waals surface area contributed by atoms with E-state index in [1.54, 1.807) is 4.90 Å². The predicted octanol–water partition coefficient (Wildman–Crippen LogP) is 0.880. The fourth-order valence-electron chi connectivity index (χ4n) is 3.32. The summed E-state index contributed by atoms with van der Waals surface area (Å²) in [5.74, 6) is -1.20. The molecule has 1 aromatic carbocycles. The van der Waals surface area contributed by atoms with E-state index in [2.05, 4.69) is 17.4 Å². The number of benzene rings is 1. The molecule has 5 nitrogen and oxygen atoms in total. The van der Waals surface area contributed by atoms with E-state index in [1.807, 2.05) is 19.1 Å². The molecule has 1 fully saturated rings. The van der Waals surface area contributed by atoms with Gasteiger partial charge < -0.3 is 15.3 Å². The molecule has 5 heteroatoms. The summed E-state index contributed by atoms with van der Waals surface area (Å²) in [6, 6.07) is 7.89. The highest BCUT2D eigenvalue weighted by Gasteiger charge is 2.39. The highest BCUT2D eigenvalue weighted by molar-refractivity contribution is 5.84. The average molecular weight is 288 g/mol. The Kier molecular flexibility index (Phi) is 3.68. The Morgan fingerprint density at radius 2 is 1.95 bits per heavy atom. The third-order valence-corrected chi connectivity index (χ3v) is 4.62. The zero-order valence-electron chi connectivity index (χ0n) is 12.1. The molecule has 3 rings (SSSR count). The Labute approximate surface area is 123 Å². The number of carbonyl (C=O) groups excluding carboxylic acids is 1. The van der Waals surface area contributed by atoms with Gasteiger partial charge in [-0.3, -0.25) is 9.59 Å². The molecule has 1 aromatic rings. The molecule has 0 unspecified atom stereocenters. The predicted molar refractivity (Wildman–Crippen MR) is 77.6 cm³/mol. The van der Waals surface area contributed by atoms with Gasteiger partial charge in [0.1, 0.15) is 0 Å². The van der Waals surface area contributed by atoms with E-state index in [-0.39, 0.29) is 17.9 Å². The third-order valence-electron chi connectivity index (χ3n) is 4.62. The second kappa shape index (κ2) is 5.48. The standard InChI is InChI=1S/C16H20N2O3/c1-10-8-18(9-13(10)16(20)21)15(19)14-6-11-4-2-3-5-12(11)7-17-14/h2-5,10,13-14,17H,6-9H2,1H3,(H,20,21)/t10-,13-,14-/m1/s1. The van der Waals surface area contributed by atoms with Crippen LogP contribution in [0, 0.1) is 11.8 Å². The Bertz CT molecular complexity index is 572. The van der Waals surface area contributed by atoms with E-state index >= 15 is 0 Å². The molecule has 2 N–H and O–H groups in total. The first-order chi connectivity index (χ1) is 10.1. The van der Waals surface area contributed by atoms with Gasteiger partial charge in [-0.2, -0.15) is 0 Å². The van der Waals surface area contributed by atoms with Crippen molar-refractivity contribution in [1.82, 2.24) is 10.2 Å². The van der Waals surface area contributed by atoms with Gasteiger partial charge in [0.25, 0.3) is 0 Å². The molecule has 2 aliphatic heterocycles. The summed E-state index contributed by atoms with van der Waals surface area (Å²) < 4.78 is 0. The van der Waals surface area contributed by atoms with Gasteiger partial charge in [0.05, 0.1) is 12.0 Å². The van der Waals surface area contributed by atoms with Crippen molar-refractivity contribution in [3.8, 4) is 0 Å². The first kappa shape index (κ1) is 14.1. The molecule has 1 amide bonds. The number of likely N-dealkylation sites (tertiary alicyclic amines) is 1. The maximum absolute atomic E-state index is 12.6. The Balaban J connectivity index is 1.69. The molecule has 3 atom stereocenters. The summed E-state index contributed by atoms with van der Waals surface area (Å²) in [6.45, 7) is 3.46. The molecule has 112 valence electrons. The van der Waals surface area contributed by atoms with Crippen LogP contribution in [0.4, 0.5) is 0 Å². The molecule has 2 aliphatic rings. The van der Waals surface area contributed by atoms with Crippen molar-refractivity contribution < 1.29 is 14.7 Å². The Morgan fingerprint density at radius 1 is 1.24 bits per heavy atom. The van der Waals surface area contributed by atoms with Crippen LogP contribution in [-0.2, 0) is 22.6 Å². The van der Waals surface area contributed by atoms with Gasteiger partial charge >= 0.3 is 5.97 Å². The minimum Gasteiger partial charge on any atom is -0.481 e. The summed E-state index contributed by atoms with van der Waals surface area (Å²) in [7, 11) is 0. The molecule has 0 radical (unpaired) electrons. The number of carbonyl (C=O) groups is 2. The number of nitrogens with zero attached hydrogens (tertiary/aromatic N) is 1. The highest BCUT2D eigenvalue weighted by atomic mass is 16.4. The molecule has 1 saturated heterocycles. The molecule has 0 aromatic heterocycles. The van der Waals surface area contributed by atoms with Gasteiger partial charge in [0.15, 0.2) is 0 Å². The zero-order chi connectivity index (χ0) is 15.0. The third kappa shape index (κ3) is 2.65. The van der Waals surface area contributed by atoms with Crippen molar-refractivity contribution in [2.75, 3.05) is 13.1 Å². The van der Waals surface area contributed by atoms with Crippen LogP contribution in [-0.4, -0.2) is 41.0 Å². The topological polar surface area (TPSA) is 69.6 Å². The number of amides is 1. The second-order valence-corrected chi connectivity index (χ2v) is 6.07. The van der Waals surface area contributed by atoms with E-state index in [0.717, 1.165) is 0 Å². The van der Waals surface area contributed by atoms with Crippen molar-refractivity contribution in [3.63, 3.8) is 0 Å². The number of rotatable bonds is 2. The molecule has 21 heavy (non-hydrogen) atoms. The largest absolute Gasteiger partial charge is 0.481 e. The van der Waals surface area contributed by atoms with Crippen LogP contribution < -0.4 is 5.32 Å². The van der Waals surface area contributed by atoms with Gasteiger partial charge in [-0.1, -0.05) is 31.2 Å². The summed E-state index contributed by atoms with van der Waals surface area (Å²) >= 11 is 0. The number of hydrogen-bond acceptors (Lipinski definition) is 3. The number of fused-ring (bicyclic) bond motifs is 1. The van der Waals surface area contributed by atoms with Crippen molar-refractivity contribution in [3.05, 3.63) is 35.4 Å². The minimum absolute atomic E-state index is 0.0160. The molecular formula is C16H20N2O3. The zero-order valence-corrected chi connectivity index (χ0v) is 12.1. The van der Waals surface area contributed by atoms with E-state index in [0.29, 0.717) is 26.1 Å². The SMILES string of the molecule is C[C@@H]1CN(C(=O)[C@H]2Cc3ccccc3CN2)C[C@H]1C(=O)O. The van der Waals surface area contributed by atoms with Crippen LogP contribution in [0.1, 0.15) is 18.1 Å². The molecule has 0 bridgehead atoms. The Morgan fingerprint density at radius 3 is 2.62 bits per heavy atom. The summed E-state index contributed by atoms with van der Waals surface area (Å²) in [4.78, 5) is 25.5. The monoisotopic (exact) mass is 288 g/mol. The van der Waals surface area contributed by atoms with Gasteiger partial charge in [0.2, 0.25) is 5.91 Å². The van der Waals surface area contributed by atoms with Crippen molar-refractivity contribution >= 4 is 11.9 Å². The molecule has 2 heterocycles. The van der Waals surface area contributed by atoms with E-state index in [9.17, 15) is 14.7 Å². The van der Waals surface area contributed by atoms with Crippen LogP contribution in [0.2, 0.25) is 0 Å². The smallest absolute Gasteiger partial charge is 0.308 e. The van der Waals surface area contributed by atoms with Crippen molar-refractivity contribution in [1.29, 1.82) is 0 Å². The van der Waals surface area contributed by atoms with E-state index in [1.165, 1.54) is 11.1 Å². The minimum atomic E-state index is -0.806. The summed E-state index contributed by atoms with van der Waals surface area (Å²) in [6.07, 6.45) is 0.678. The normalized spacial score (nSPS) is 28.2. The molecular weight excluding hydrogens is 268 g/mol. The van der Waals surface area contributed by atoms with Gasteiger partial charge in [-0.05, 0) is 23.5 Å². The van der Waals surface area contributed by atoms with Gasteiger partial charge in [0, 0.05) is 19.6 Å². The van der Waals surface area contributed by atoms with E-state index < -0.39 is 11.9 Å². The van der Waals surface area contributed by atoms with Gasteiger partial charge in [-0.15, -0.1) is 0 Å². The first-order valence-electron chi connectivity index (χ1n) is 7.38. The van der Waals surface area contributed by atoms with Crippen LogP contribution in [0.5, 0.6) is 0 Å². The molecule has 0 spiro atoms. The van der Waals surface area contributed by atoms with Gasteiger partial charge in [-0.25, -0.2) is 0 Å². The quantitative estimate of drug-likeness (QED) is 0.847. The molecule has 0 saturated carbocycles. The van der Waals surface area contributed by atoms with Crippen molar-refractivity contribution in [2.24, 2.45) is 11.8 Å². The fraction of sp³-hybridized carbons (Fsp3) is 0.500. The maximum atomic E-state index is 12.6. The first-order valence-corrected chi connectivity index (χ1v) is 7.38. The highest BCUT2D eigenvalue weighted by Crippen LogP contribution is 2.25. The number of nitrogens with one attached hydrogen (secondary N) is 1. The van der Waals surface area contributed by atoms with Crippen molar-refractivity contribution in [2.45, 2.75) is 25.9 Å². The Hall–Kier alpha value is -1.88. The lowest BCUT2D eigenvalue weighted by molar-refractivity contribution is -0.142. The molecule has 0 aliphatic carbocycles. The van der Waals surface area contributed by atoms with Crippen LogP contribution >= 0.6 is 0 Å². The fourth-order valence-corrected chi connectivity index (χ4v) is 3.32. The number of carboxylic acid groups (broad SMARTS) is 1. The number of hydrogen-bond donors (Lipinski definition) is 2. The average Bonchev–Trinajstić information content (AvgIpc) is 2.88. The van der Waals surface area contributed by atoms with Crippen LogP contribution in [0.15, 0.2) is 24.3 Å². The van der Waals surface area contributed by atoms with Crippen LogP contribution in [0.3, 0.4) is 0 Å². The number of carboxylic acids is 1. The summed E-state index contributed by atoms with van der Waals surface area (Å²) in [5, 5.41) is 12.4. The lowest BCUT2D eigenvalue weighted by Crippen LogP contribution is -2.49. The van der Waals surface area contributed by atoms with Crippen LogP contribution in [0.25, 0.3) is 0 Å². The lowest BCUT2D eigenvalue weighted by Gasteiger charge is -2.29. The lowest BCUT2D eigenvalue weighted by atomic mass is 9.95. The number of aliphatic carboxylic acids is 1.